The minimum atomic E-state index is -0.588. The van der Waals surface area contributed by atoms with Crippen molar-refractivity contribution < 1.29 is 19.4 Å². The first-order valence-corrected chi connectivity index (χ1v) is 9.62. The van der Waals surface area contributed by atoms with E-state index < -0.39 is 5.91 Å². The van der Waals surface area contributed by atoms with Crippen LogP contribution in [0, 0.1) is 0 Å². The Morgan fingerprint density at radius 3 is 2.77 bits per heavy atom. The smallest absolute Gasteiger partial charge is 0.249 e. The first-order valence-electron chi connectivity index (χ1n) is 9.62. The number of amides is 2. The second kappa shape index (κ2) is 8.54. The predicted molar refractivity (Wildman–Crippen MR) is 113 cm³/mol. The number of carbonyl (C=O) groups is 2. The van der Waals surface area contributed by atoms with E-state index in [1.54, 1.807) is 30.3 Å². The summed E-state index contributed by atoms with van der Waals surface area (Å²) >= 11 is 0. The zero-order valence-corrected chi connectivity index (χ0v) is 17.4. The number of rotatable bonds is 7. The summed E-state index contributed by atoms with van der Waals surface area (Å²) in [5, 5.41) is 12.2. The molecule has 0 saturated carbocycles. The van der Waals surface area contributed by atoms with Crippen molar-refractivity contribution in [3.63, 3.8) is 0 Å². The van der Waals surface area contributed by atoms with Gasteiger partial charge in [0.1, 0.15) is 24.1 Å². The summed E-state index contributed by atoms with van der Waals surface area (Å²) in [6.07, 6.45) is 1.59. The Bertz CT molecular complexity index is 964. The lowest BCUT2D eigenvalue weighted by atomic mass is 10.1. The van der Waals surface area contributed by atoms with Crippen LogP contribution < -0.4 is 25.6 Å². The molecular weight excluding hydrogens is 388 g/mol. The number of benzene rings is 1. The maximum Gasteiger partial charge on any atom is 0.249 e. The number of nitrogens with two attached hydrogens (primary N) is 1. The number of fused-ring (bicyclic) bond motifs is 1. The zero-order chi connectivity index (χ0) is 22.0. The van der Waals surface area contributed by atoms with Crippen LogP contribution in [-0.4, -0.2) is 59.2 Å². The van der Waals surface area contributed by atoms with Gasteiger partial charge in [-0.3, -0.25) is 9.59 Å². The van der Waals surface area contributed by atoms with Crippen LogP contribution in [-0.2, 0) is 4.79 Å². The summed E-state index contributed by atoms with van der Waals surface area (Å²) in [6, 6.07) is 4.38. The van der Waals surface area contributed by atoms with Crippen LogP contribution in [0.15, 0.2) is 24.4 Å². The van der Waals surface area contributed by atoms with Gasteiger partial charge in [0.2, 0.25) is 17.8 Å². The van der Waals surface area contributed by atoms with Crippen molar-refractivity contribution in [2.24, 2.45) is 5.73 Å². The fraction of sp³-hybridized carbons (Fsp3) is 0.400. The number of hydrogen-bond donors (Lipinski definition) is 3. The Labute approximate surface area is 174 Å². The molecule has 2 aromatic rings. The lowest BCUT2D eigenvalue weighted by Gasteiger charge is -2.41. The molecule has 4 N–H and O–H groups in total. The van der Waals surface area contributed by atoms with Crippen LogP contribution in [0.1, 0.15) is 31.1 Å². The second-order valence-corrected chi connectivity index (χ2v) is 7.25. The van der Waals surface area contributed by atoms with Crippen molar-refractivity contribution in [1.29, 1.82) is 0 Å². The average Bonchev–Trinajstić information content (AvgIpc) is 2.71. The molecule has 1 aliphatic heterocycles. The first-order chi connectivity index (χ1) is 14.2. The lowest BCUT2D eigenvalue weighted by Crippen LogP contribution is -2.53. The number of hydrogen-bond acceptors (Lipinski definition) is 8. The molecule has 10 heteroatoms. The van der Waals surface area contributed by atoms with Crippen molar-refractivity contribution in [3.05, 3.63) is 30.0 Å². The van der Waals surface area contributed by atoms with Gasteiger partial charge in [-0.25, -0.2) is 4.98 Å². The number of nitrogens with zero attached hydrogens (tertiary/aromatic N) is 4. The number of primary amides is 1. The molecular formula is C20H26N6O4. The number of aromatic nitrogens is 2. The SMILES string of the molecule is CC(C)N1c2nc(Nc3ccc(C(N)=O)cc3OCCO)ncc2N(C)C(=O)[C@H]1C. The van der Waals surface area contributed by atoms with Gasteiger partial charge in [0.05, 0.1) is 18.5 Å². The Hall–Kier alpha value is -3.40. The number of aliphatic hydroxyl groups excluding tert-OH is 1. The molecule has 10 nitrogen and oxygen atoms in total. The quantitative estimate of drug-likeness (QED) is 0.617. The van der Waals surface area contributed by atoms with Crippen LogP contribution in [0.5, 0.6) is 5.75 Å². The molecule has 0 radical (unpaired) electrons. The van der Waals surface area contributed by atoms with E-state index in [2.05, 4.69) is 15.3 Å². The summed E-state index contributed by atoms with van der Waals surface area (Å²) in [5.41, 5.74) is 6.76. The predicted octanol–water partition coefficient (Wildman–Crippen LogP) is 1.27. The zero-order valence-electron chi connectivity index (χ0n) is 17.4. The largest absolute Gasteiger partial charge is 0.489 e. The molecule has 0 spiro atoms. The number of ether oxygens (including phenoxy) is 1. The fourth-order valence-corrected chi connectivity index (χ4v) is 3.42. The summed E-state index contributed by atoms with van der Waals surface area (Å²) in [6.45, 7) is 5.71. The van der Waals surface area contributed by atoms with Crippen LogP contribution in [0.25, 0.3) is 0 Å². The number of aliphatic hydroxyl groups is 1. The van der Waals surface area contributed by atoms with Gasteiger partial charge in [0.25, 0.3) is 0 Å². The van der Waals surface area contributed by atoms with E-state index in [-0.39, 0.29) is 36.8 Å². The van der Waals surface area contributed by atoms with Crippen molar-refractivity contribution in [3.8, 4) is 5.75 Å². The Morgan fingerprint density at radius 2 is 2.13 bits per heavy atom. The van der Waals surface area contributed by atoms with Gasteiger partial charge in [-0.05, 0) is 39.0 Å². The number of likely N-dealkylation sites (N-methyl/N-ethyl adjacent to an activating group) is 1. The monoisotopic (exact) mass is 414 g/mol. The molecule has 2 amide bonds. The maximum absolute atomic E-state index is 12.5. The third kappa shape index (κ3) is 3.99. The number of anilines is 4. The summed E-state index contributed by atoms with van der Waals surface area (Å²) < 4.78 is 5.53. The second-order valence-electron chi connectivity index (χ2n) is 7.25. The highest BCUT2D eigenvalue weighted by atomic mass is 16.5. The third-order valence-corrected chi connectivity index (χ3v) is 4.88. The van der Waals surface area contributed by atoms with Gasteiger partial charge in [-0.15, -0.1) is 0 Å². The Morgan fingerprint density at radius 1 is 1.40 bits per heavy atom. The normalized spacial score (nSPS) is 15.9. The van der Waals surface area contributed by atoms with E-state index in [1.165, 1.54) is 6.07 Å². The topological polar surface area (TPSA) is 134 Å². The standard InChI is InChI=1S/C20H26N6O4/c1-11(2)26-12(3)19(29)25(4)15-10-22-20(24-18(15)26)23-14-6-5-13(17(21)28)9-16(14)30-8-7-27/h5-6,9-12,27H,7-8H2,1-4H3,(H2,21,28)(H,22,23,24)/t12-/m1/s1. The van der Waals surface area contributed by atoms with Gasteiger partial charge >= 0.3 is 0 Å². The molecule has 1 aromatic heterocycles. The maximum atomic E-state index is 12.5. The number of nitrogens with one attached hydrogen (secondary N) is 1. The molecule has 0 unspecified atom stereocenters. The minimum Gasteiger partial charge on any atom is -0.489 e. The van der Waals surface area contributed by atoms with Crippen LogP contribution >= 0.6 is 0 Å². The highest BCUT2D eigenvalue weighted by Gasteiger charge is 2.36. The summed E-state index contributed by atoms with van der Waals surface area (Å²) in [4.78, 5) is 36.5. The van der Waals surface area contributed by atoms with Gasteiger partial charge in [0.15, 0.2) is 5.82 Å². The molecule has 2 heterocycles. The fourth-order valence-electron chi connectivity index (χ4n) is 3.42. The molecule has 1 aliphatic rings. The van der Waals surface area contributed by atoms with Crippen molar-refractivity contribution in [2.75, 3.05) is 35.4 Å². The van der Waals surface area contributed by atoms with E-state index in [4.69, 9.17) is 15.6 Å². The highest BCUT2D eigenvalue weighted by Crippen LogP contribution is 2.36. The van der Waals surface area contributed by atoms with E-state index in [0.717, 1.165) is 0 Å². The van der Waals surface area contributed by atoms with Gasteiger partial charge in [-0.1, -0.05) is 0 Å². The summed E-state index contributed by atoms with van der Waals surface area (Å²) in [7, 11) is 1.70. The molecule has 3 rings (SSSR count). The lowest BCUT2D eigenvalue weighted by molar-refractivity contribution is -0.119. The Balaban J connectivity index is 1.99. The summed E-state index contributed by atoms with van der Waals surface area (Å²) in [5.74, 6) is 0.665. The van der Waals surface area contributed by atoms with Crippen molar-refractivity contribution in [1.82, 2.24) is 9.97 Å². The van der Waals surface area contributed by atoms with E-state index in [1.807, 2.05) is 25.7 Å². The van der Waals surface area contributed by atoms with Gasteiger partial charge in [-0.2, -0.15) is 4.98 Å². The van der Waals surface area contributed by atoms with E-state index in [0.29, 0.717) is 28.9 Å². The van der Waals surface area contributed by atoms with Crippen LogP contribution in [0.4, 0.5) is 23.1 Å². The Kier molecular flexibility index (Phi) is 6.06. The molecule has 0 bridgehead atoms. The van der Waals surface area contributed by atoms with Gasteiger partial charge < -0.3 is 30.7 Å². The molecule has 30 heavy (non-hydrogen) atoms. The van der Waals surface area contributed by atoms with Crippen molar-refractivity contribution in [2.45, 2.75) is 32.9 Å². The molecule has 1 aromatic carbocycles. The molecule has 0 saturated heterocycles. The highest BCUT2D eigenvalue weighted by molar-refractivity contribution is 6.04. The molecule has 1 atom stereocenters. The number of carbonyl (C=O) groups excluding carboxylic acids is 2. The van der Waals surface area contributed by atoms with E-state index >= 15 is 0 Å². The molecule has 160 valence electrons. The molecule has 0 fully saturated rings. The van der Waals surface area contributed by atoms with Gasteiger partial charge in [0, 0.05) is 18.7 Å². The van der Waals surface area contributed by atoms with Crippen molar-refractivity contribution >= 4 is 35.0 Å². The van der Waals surface area contributed by atoms with E-state index in [9.17, 15) is 9.59 Å². The first kappa shape index (κ1) is 21.3. The minimum absolute atomic E-state index is 0.0257. The van der Waals surface area contributed by atoms with Crippen LogP contribution in [0.3, 0.4) is 0 Å². The molecule has 0 aliphatic carbocycles. The third-order valence-electron chi connectivity index (χ3n) is 4.88. The van der Waals surface area contributed by atoms with Crippen LogP contribution in [0.2, 0.25) is 0 Å². The average molecular weight is 414 g/mol.